The highest BCUT2D eigenvalue weighted by molar-refractivity contribution is 7.18. The van der Waals surface area contributed by atoms with E-state index in [-0.39, 0.29) is 0 Å². The minimum Gasteiger partial charge on any atom is -0.435 e. The predicted octanol–water partition coefficient (Wildman–Crippen LogP) is 4.01. The molecule has 5 heteroatoms. The highest BCUT2D eigenvalue weighted by Crippen LogP contribution is 2.34. The van der Waals surface area contributed by atoms with Crippen molar-refractivity contribution in [3.8, 4) is 21.2 Å². The molecule has 0 saturated carbocycles. The number of hydrogen-bond acceptors (Lipinski definition) is 5. The molecule has 96 valence electrons. The molecule has 0 aliphatic heterocycles. The minimum absolute atomic E-state index is 0.652. The van der Waals surface area contributed by atoms with Gasteiger partial charge in [0.1, 0.15) is 11.8 Å². The van der Waals surface area contributed by atoms with Crippen molar-refractivity contribution in [2.24, 2.45) is 0 Å². The summed E-state index contributed by atoms with van der Waals surface area (Å²) in [5.41, 5.74) is 2.68. The summed E-state index contributed by atoms with van der Waals surface area (Å²) < 4.78 is 5.77. The van der Waals surface area contributed by atoms with Crippen LogP contribution in [0.3, 0.4) is 0 Å². The van der Waals surface area contributed by atoms with E-state index >= 15 is 0 Å². The van der Waals surface area contributed by atoms with Crippen LogP contribution < -0.4 is 0 Å². The number of aromatic nitrogens is 3. The first-order valence-corrected chi connectivity index (χ1v) is 6.93. The van der Waals surface area contributed by atoms with Gasteiger partial charge in [0.05, 0.1) is 4.88 Å². The number of benzene rings is 1. The second kappa shape index (κ2) is 4.54. The van der Waals surface area contributed by atoms with Crippen LogP contribution in [0.5, 0.6) is 0 Å². The quantitative estimate of drug-likeness (QED) is 0.556. The monoisotopic (exact) mass is 279 g/mol. The Balaban J connectivity index is 1.78. The third kappa shape index (κ3) is 1.88. The highest BCUT2D eigenvalue weighted by Gasteiger charge is 2.11. The highest BCUT2D eigenvalue weighted by atomic mass is 32.1. The molecular formula is C15H9N3OS. The average molecular weight is 279 g/mol. The van der Waals surface area contributed by atoms with E-state index < -0.39 is 0 Å². The van der Waals surface area contributed by atoms with Gasteiger partial charge in [-0.25, -0.2) is 15.0 Å². The maximum absolute atomic E-state index is 5.77. The summed E-state index contributed by atoms with van der Waals surface area (Å²) in [6.07, 6.45) is 5.13. The number of nitrogens with zero attached hydrogens (tertiary/aromatic N) is 3. The SMILES string of the molecule is c1ccc2oc(-c3ccc(-c4cncnc4)s3)nc2c1. The van der Waals surface area contributed by atoms with E-state index in [9.17, 15) is 0 Å². The molecule has 0 N–H and O–H groups in total. The van der Waals surface area contributed by atoms with E-state index in [2.05, 4.69) is 15.0 Å². The van der Waals surface area contributed by atoms with Gasteiger partial charge in [0.15, 0.2) is 5.58 Å². The molecule has 4 rings (SSSR count). The van der Waals surface area contributed by atoms with Crippen molar-refractivity contribution in [3.63, 3.8) is 0 Å². The smallest absolute Gasteiger partial charge is 0.237 e. The van der Waals surface area contributed by atoms with Gasteiger partial charge < -0.3 is 4.42 Å². The third-order valence-corrected chi connectivity index (χ3v) is 4.08. The van der Waals surface area contributed by atoms with Crippen molar-refractivity contribution in [1.82, 2.24) is 15.0 Å². The molecule has 4 aromatic rings. The van der Waals surface area contributed by atoms with Crippen LogP contribution in [0.4, 0.5) is 0 Å². The largest absolute Gasteiger partial charge is 0.435 e. The first-order valence-electron chi connectivity index (χ1n) is 6.11. The lowest BCUT2D eigenvalue weighted by Crippen LogP contribution is -1.77. The van der Waals surface area contributed by atoms with Gasteiger partial charge in [0.2, 0.25) is 5.89 Å². The molecule has 0 aliphatic carbocycles. The Morgan fingerprint density at radius 3 is 2.55 bits per heavy atom. The molecule has 0 bridgehead atoms. The third-order valence-electron chi connectivity index (χ3n) is 2.96. The van der Waals surface area contributed by atoms with Crippen LogP contribution in [0, 0.1) is 0 Å². The number of oxazole rings is 1. The van der Waals surface area contributed by atoms with Crippen molar-refractivity contribution in [2.45, 2.75) is 0 Å². The Morgan fingerprint density at radius 1 is 0.900 bits per heavy atom. The lowest BCUT2D eigenvalue weighted by Gasteiger charge is -1.93. The van der Waals surface area contributed by atoms with Crippen LogP contribution in [0.1, 0.15) is 0 Å². The first-order chi connectivity index (χ1) is 9.90. The van der Waals surface area contributed by atoms with Gasteiger partial charge in [0.25, 0.3) is 0 Å². The molecule has 3 aromatic heterocycles. The Bertz CT molecular complexity index is 834. The molecular weight excluding hydrogens is 270 g/mol. The first kappa shape index (κ1) is 11.3. The molecule has 3 heterocycles. The van der Waals surface area contributed by atoms with Crippen LogP contribution >= 0.6 is 11.3 Å². The van der Waals surface area contributed by atoms with Gasteiger partial charge in [-0.1, -0.05) is 12.1 Å². The van der Waals surface area contributed by atoms with Crippen LogP contribution in [-0.4, -0.2) is 15.0 Å². The van der Waals surface area contributed by atoms with Gasteiger partial charge in [-0.2, -0.15) is 0 Å². The van der Waals surface area contributed by atoms with Gasteiger partial charge in [0, 0.05) is 22.8 Å². The Kier molecular flexibility index (Phi) is 2.57. The van der Waals surface area contributed by atoms with E-state index in [1.165, 1.54) is 6.33 Å². The summed E-state index contributed by atoms with van der Waals surface area (Å²) in [5.74, 6) is 0.652. The second-order valence-corrected chi connectivity index (χ2v) is 5.36. The molecule has 0 fully saturated rings. The van der Waals surface area contributed by atoms with Crippen LogP contribution in [0.2, 0.25) is 0 Å². The van der Waals surface area contributed by atoms with Crippen molar-refractivity contribution in [2.75, 3.05) is 0 Å². The number of fused-ring (bicyclic) bond motifs is 1. The average Bonchev–Trinajstić information content (AvgIpc) is 3.14. The molecule has 0 atom stereocenters. The molecule has 0 saturated heterocycles. The Hall–Kier alpha value is -2.53. The van der Waals surface area contributed by atoms with Crippen molar-refractivity contribution in [3.05, 3.63) is 55.1 Å². The molecule has 4 nitrogen and oxygen atoms in total. The molecule has 0 radical (unpaired) electrons. The summed E-state index contributed by atoms with van der Waals surface area (Å²) in [7, 11) is 0. The molecule has 0 aliphatic rings. The second-order valence-electron chi connectivity index (χ2n) is 4.28. The standard InChI is InChI=1S/C15H9N3OS/c1-2-4-12-11(3-1)18-15(19-12)14-6-5-13(20-14)10-7-16-9-17-8-10/h1-9H. The Labute approximate surface area is 118 Å². The lowest BCUT2D eigenvalue weighted by molar-refractivity contribution is 0.621. The molecule has 0 unspecified atom stereocenters. The zero-order valence-corrected chi connectivity index (χ0v) is 11.2. The van der Waals surface area contributed by atoms with Gasteiger partial charge >= 0.3 is 0 Å². The van der Waals surface area contributed by atoms with E-state index in [0.29, 0.717) is 5.89 Å². The van der Waals surface area contributed by atoms with E-state index in [1.54, 1.807) is 23.7 Å². The summed E-state index contributed by atoms with van der Waals surface area (Å²) in [5, 5.41) is 0. The summed E-state index contributed by atoms with van der Waals surface area (Å²) in [6.45, 7) is 0. The molecule has 1 aromatic carbocycles. The van der Waals surface area contributed by atoms with Crippen molar-refractivity contribution >= 4 is 22.4 Å². The number of hydrogen-bond donors (Lipinski definition) is 0. The summed E-state index contributed by atoms with van der Waals surface area (Å²) in [4.78, 5) is 14.7. The number of thiophene rings is 1. The fourth-order valence-corrected chi connectivity index (χ4v) is 2.92. The van der Waals surface area contributed by atoms with Crippen molar-refractivity contribution < 1.29 is 4.42 Å². The van der Waals surface area contributed by atoms with Crippen molar-refractivity contribution in [1.29, 1.82) is 0 Å². The fraction of sp³-hybridized carbons (Fsp3) is 0. The van der Waals surface area contributed by atoms with E-state index in [4.69, 9.17) is 4.42 Å². The fourth-order valence-electron chi connectivity index (χ4n) is 2.01. The van der Waals surface area contributed by atoms with Gasteiger partial charge in [-0.3, -0.25) is 0 Å². The number of para-hydroxylation sites is 2. The Morgan fingerprint density at radius 2 is 1.70 bits per heavy atom. The topological polar surface area (TPSA) is 51.8 Å². The summed E-state index contributed by atoms with van der Waals surface area (Å²) >= 11 is 1.62. The van der Waals surface area contributed by atoms with E-state index in [1.807, 2.05) is 36.4 Å². The maximum atomic E-state index is 5.77. The van der Waals surface area contributed by atoms with Crippen LogP contribution in [0.15, 0.2) is 59.5 Å². The molecule has 20 heavy (non-hydrogen) atoms. The molecule has 0 amide bonds. The minimum atomic E-state index is 0.652. The zero-order chi connectivity index (χ0) is 13.4. The summed E-state index contributed by atoms with van der Waals surface area (Å²) in [6, 6.07) is 11.8. The van der Waals surface area contributed by atoms with Crippen LogP contribution in [-0.2, 0) is 0 Å². The van der Waals surface area contributed by atoms with Gasteiger partial charge in [-0.15, -0.1) is 11.3 Å². The predicted molar refractivity (Wildman–Crippen MR) is 78.3 cm³/mol. The normalized spacial score (nSPS) is 11.0. The van der Waals surface area contributed by atoms with Crippen LogP contribution in [0.25, 0.3) is 32.3 Å². The van der Waals surface area contributed by atoms with Gasteiger partial charge in [-0.05, 0) is 24.3 Å². The maximum Gasteiger partial charge on any atom is 0.237 e. The lowest BCUT2D eigenvalue weighted by atomic mass is 10.3. The molecule has 0 spiro atoms. The number of rotatable bonds is 2. The van der Waals surface area contributed by atoms with E-state index in [0.717, 1.165) is 26.4 Å². The zero-order valence-electron chi connectivity index (χ0n) is 10.4.